The predicted octanol–water partition coefficient (Wildman–Crippen LogP) is 3.41. The van der Waals surface area contributed by atoms with Crippen LogP contribution < -0.4 is 5.32 Å². The van der Waals surface area contributed by atoms with Gasteiger partial charge in [-0.3, -0.25) is 4.98 Å². The smallest absolute Gasteiger partial charge is 0.321 e. The van der Waals surface area contributed by atoms with Gasteiger partial charge in [-0.15, -0.1) is 0 Å². The second kappa shape index (κ2) is 7.88. The van der Waals surface area contributed by atoms with Gasteiger partial charge in [0.15, 0.2) is 0 Å². The van der Waals surface area contributed by atoms with E-state index in [2.05, 4.69) is 26.5 Å². The summed E-state index contributed by atoms with van der Waals surface area (Å²) in [5.74, 6) is 1.27. The quantitative estimate of drug-likeness (QED) is 0.752. The number of nitrogens with one attached hydrogen (secondary N) is 1. The molecule has 28 heavy (non-hydrogen) atoms. The molecule has 0 atom stereocenters. The van der Waals surface area contributed by atoms with Gasteiger partial charge in [0.25, 0.3) is 0 Å². The SMILES string of the molecule is N#Cc1ccccc1NC(=O)N1CCC(c2nc(-c3ccncc3)no2)CC1. The van der Waals surface area contributed by atoms with E-state index in [1.54, 1.807) is 41.6 Å². The van der Waals surface area contributed by atoms with E-state index in [9.17, 15) is 4.79 Å². The average molecular weight is 374 g/mol. The first-order chi connectivity index (χ1) is 13.7. The van der Waals surface area contributed by atoms with E-state index >= 15 is 0 Å². The molecule has 1 saturated heterocycles. The summed E-state index contributed by atoms with van der Waals surface area (Å²) in [6.45, 7) is 1.16. The van der Waals surface area contributed by atoms with Crippen molar-refractivity contribution in [3.05, 3.63) is 60.2 Å². The number of hydrogen-bond donors (Lipinski definition) is 1. The van der Waals surface area contributed by atoms with E-state index < -0.39 is 0 Å². The Labute approximate surface area is 161 Å². The summed E-state index contributed by atoms with van der Waals surface area (Å²) in [6, 6.07) is 12.5. The monoisotopic (exact) mass is 374 g/mol. The van der Waals surface area contributed by atoms with Crippen LogP contribution in [0, 0.1) is 11.3 Å². The standard InChI is InChI=1S/C20H18N6O2/c21-13-16-3-1-2-4-17(16)23-20(27)26-11-7-15(8-12-26)19-24-18(25-28-19)14-5-9-22-10-6-14/h1-6,9-10,15H,7-8,11-12H2,(H,23,27). The Kier molecular flexibility index (Phi) is 4.97. The zero-order chi connectivity index (χ0) is 19.3. The van der Waals surface area contributed by atoms with Crippen molar-refractivity contribution in [1.82, 2.24) is 20.0 Å². The number of nitrogens with zero attached hydrogens (tertiary/aromatic N) is 5. The molecule has 0 saturated carbocycles. The number of hydrogen-bond acceptors (Lipinski definition) is 6. The van der Waals surface area contributed by atoms with Gasteiger partial charge in [0, 0.05) is 37.0 Å². The topological polar surface area (TPSA) is 108 Å². The second-order valence-corrected chi connectivity index (χ2v) is 6.54. The highest BCUT2D eigenvalue weighted by atomic mass is 16.5. The van der Waals surface area contributed by atoms with Crippen LogP contribution in [-0.2, 0) is 0 Å². The van der Waals surface area contributed by atoms with E-state index in [-0.39, 0.29) is 11.9 Å². The minimum absolute atomic E-state index is 0.124. The number of likely N-dealkylation sites (tertiary alicyclic amines) is 1. The fourth-order valence-corrected chi connectivity index (χ4v) is 3.23. The largest absolute Gasteiger partial charge is 0.339 e. The number of para-hydroxylation sites is 1. The molecule has 140 valence electrons. The summed E-state index contributed by atoms with van der Waals surface area (Å²) >= 11 is 0. The summed E-state index contributed by atoms with van der Waals surface area (Å²) in [5, 5.41) is 16.0. The van der Waals surface area contributed by atoms with Gasteiger partial charge in [0.1, 0.15) is 6.07 Å². The fraction of sp³-hybridized carbons (Fsp3) is 0.250. The Morgan fingerprint density at radius 2 is 1.93 bits per heavy atom. The highest BCUT2D eigenvalue weighted by Gasteiger charge is 2.28. The van der Waals surface area contributed by atoms with E-state index in [0.717, 1.165) is 18.4 Å². The molecule has 0 radical (unpaired) electrons. The van der Waals surface area contributed by atoms with Gasteiger partial charge in [0.2, 0.25) is 11.7 Å². The first-order valence-corrected chi connectivity index (χ1v) is 9.03. The number of benzene rings is 1. The van der Waals surface area contributed by atoms with Gasteiger partial charge in [-0.2, -0.15) is 10.2 Å². The van der Waals surface area contributed by atoms with Crippen LogP contribution in [0.1, 0.15) is 30.2 Å². The molecule has 0 aliphatic carbocycles. The molecule has 0 spiro atoms. The number of anilines is 1. The Morgan fingerprint density at radius 1 is 1.18 bits per heavy atom. The molecule has 1 N–H and O–H groups in total. The highest BCUT2D eigenvalue weighted by molar-refractivity contribution is 5.90. The molecule has 2 aromatic heterocycles. The normalized spacial score (nSPS) is 14.5. The number of carbonyl (C=O) groups is 1. The maximum Gasteiger partial charge on any atom is 0.321 e. The minimum Gasteiger partial charge on any atom is -0.339 e. The fourth-order valence-electron chi connectivity index (χ4n) is 3.23. The van der Waals surface area contributed by atoms with Crippen molar-refractivity contribution in [2.24, 2.45) is 0 Å². The molecule has 0 bridgehead atoms. The number of urea groups is 1. The molecule has 3 aromatic rings. The number of amides is 2. The van der Waals surface area contributed by atoms with Crippen molar-refractivity contribution in [2.75, 3.05) is 18.4 Å². The van der Waals surface area contributed by atoms with Crippen molar-refractivity contribution in [2.45, 2.75) is 18.8 Å². The molecule has 0 unspecified atom stereocenters. The van der Waals surface area contributed by atoms with E-state index in [0.29, 0.717) is 36.1 Å². The Morgan fingerprint density at radius 3 is 2.68 bits per heavy atom. The maximum absolute atomic E-state index is 12.5. The molecular weight excluding hydrogens is 356 g/mol. The van der Waals surface area contributed by atoms with Crippen molar-refractivity contribution >= 4 is 11.7 Å². The van der Waals surface area contributed by atoms with Crippen LogP contribution in [0.4, 0.5) is 10.5 Å². The second-order valence-electron chi connectivity index (χ2n) is 6.54. The molecule has 1 aromatic carbocycles. The van der Waals surface area contributed by atoms with E-state index in [1.165, 1.54) is 0 Å². The van der Waals surface area contributed by atoms with Crippen molar-refractivity contribution in [1.29, 1.82) is 5.26 Å². The van der Waals surface area contributed by atoms with E-state index in [1.807, 2.05) is 12.1 Å². The Balaban J connectivity index is 1.36. The van der Waals surface area contributed by atoms with Crippen LogP contribution in [-0.4, -0.2) is 39.1 Å². The Hall–Kier alpha value is -3.73. The number of pyridine rings is 1. The third-order valence-electron chi connectivity index (χ3n) is 4.80. The van der Waals surface area contributed by atoms with Crippen LogP contribution in [0.5, 0.6) is 0 Å². The lowest BCUT2D eigenvalue weighted by Gasteiger charge is -2.30. The number of carbonyl (C=O) groups excluding carboxylic acids is 1. The molecule has 8 nitrogen and oxygen atoms in total. The number of rotatable bonds is 3. The molecule has 3 heterocycles. The van der Waals surface area contributed by atoms with Gasteiger partial charge in [-0.25, -0.2) is 4.79 Å². The van der Waals surface area contributed by atoms with Gasteiger partial charge in [-0.05, 0) is 37.1 Å². The molecule has 4 rings (SSSR count). The molecule has 1 aliphatic rings. The van der Waals surface area contributed by atoms with Crippen LogP contribution in [0.3, 0.4) is 0 Å². The van der Waals surface area contributed by atoms with Gasteiger partial charge < -0.3 is 14.7 Å². The molecule has 8 heteroatoms. The molecule has 1 aliphatic heterocycles. The number of aromatic nitrogens is 3. The first kappa shape index (κ1) is 17.7. The maximum atomic E-state index is 12.5. The van der Waals surface area contributed by atoms with E-state index in [4.69, 9.17) is 9.78 Å². The summed E-state index contributed by atoms with van der Waals surface area (Å²) in [6.07, 6.45) is 4.86. The summed E-state index contributed by atoms with van der Waals surface area (Å²) in [4.78, 5) is 22.7. The lowest BCUT2D eigenvalue weighted by Crippen LogP contribution is -2.40. The van der Waals surface area contributed by atoms with Crippen LogP contribution in [0.15, 0.2) is 53.3 Å². The summed E-state index contributed by atoms with van der Waals surface area (Å²) < 4.78 is 5.44. The van der Waals surface area contributed by atoms with Crippen LogP contribution in [0.2, 0.25) is 0 Å². The zero-order valence-corrected chi connectivity index (χ0v) is 15.1. The first-order valence-electron chi connectivity index (χ1n) is 9.03. The number of piperidine rings is 1. The lowest BCUT2D eigenvalue weighted by atomic mass is 9.97. The zero-order valence-electron chi connectivity index (χ0n) is 15.1. The van der Waals surface area contributed by atoms with Crippen molar-refractivity contribution < 1.29 is 9.32 Å². The minimum atomic E-state index is -0.204. The van der Waals surface area contributed by atoms with Gasteiger partial charge >= 0.3 is 6.03 Å². The number of nitriles is 1. The summed E-state index contributed by atoms with van der Waals surface area (Å²) in [5.41, 5.74) is 1.83. The summed E-state index contributed by atoms with van der Waals surface area (Å²) in [7, 11) is 0. The molecule has 2 amide bonds. The van der Waals surface area contributed by atoms with Gasteiger partial charge in [0.05, 0.1) is 11.3 Å². The van der Waals surface area contributed by atoms with Crippen LogP contribution >= 0.6 is 0 Å². The predicted molar refractivity (Wildman–Crippen MR) is 101 cm³/mol. The Bertz CT molecular complexity index is 1000. The molecule has 1 fully saturated rings. The third-order valence-corrected chi connectivity index (χ3v) is 4.80. The molecular formula is C20H18N6O2. The third kappa shape index (κ3) is 3.69. The van der Waals surface area contributed by atoms with Crippen molar-refractivity contribution in [3.8, 4) is 17.5 Å². The van der Waals surface area contributed by atoms with Gasteiger partial charge in [-0.1, -0.05) is 17.3 Å². The van der Waals surface area contributed by atoms with Crippen LogP contribution in [0.25, 0.3) is 11.4 Å². The highest BCUT2D eigenvalue weighted by Crippen LogP contribution is 2.28. The van der Waals surface area contributed by atoms with Crippen molar-refractivity contribution in [3.63, 3.8) is 0 Å². The lowest BCUT2D eigenvalue weighted by molar-refractivity contribution is 0.187. The average Bonchev–Trinajstić information content (AvgIpc) is 3.25.